The topological polar surface area (TPSA) is 38.8 Å². The SMILES string of the molecule is COC(=O)[C@H]1O[C@@H]1c1ccccc1. The van der Waals surface area contributed by atoms with Crippen LogP contribution in [0, 0.1) is 0 Å². The summed E-state index contributed by atoms with van der Waals surface area (Å²) in [4.78, 5) is 11.0. The minimum Gasteiger partial charge on any atom is -0.467 e. The van der Waals surface area contributed by atoms with Gasteiger partial charge in [0, 0.05) is 0 Å². The van der Waals surface area contributed by atoms with E-state index in [9.17, 15) is 4.79 Å². The molecule has 0 aromatic heterocycles. The zero-order valence-corrected chi connectivity index (χ0v) is 7.27. The van der Waals surface area contributed by atoms with Crippen molar-refractivity contribution in [2.45, 2.75) is 12.2 Å². The lowest BCUT2D eigenvalue weighted by molar-refractivity contribution is -0.142. The van der Waals surface area contributed by atoms with E-state index in [2.05, 4.69) is 4.74 Å². The Bertz CT molecular complexity index is 307. The molecule has 0 radical (unpaired) electrons. The molecular formula is C10H10O3. The first kappa shape index (κ1) is 8.26. The van der Waals surface area contributed by atoms with Crippen LogP contribution < -0.4 is 0 Å². The molecule has 0 spiro atoms. The standard InChI is InChI=1S/C10H10O3/c1-12-10(11)9-8(13-9)7-5-3-2-4-6-7/h2-6,8-9H,1H3/t8-,9+/m1/s1. The summed E-state index contributed by atoms with van der Waals surface area (Å²) in [5.41, 5.74) is 1.03. The largest absolute Gasteiger partial charge is 0.467 e. The van der Waals surface area contributed by atoms with Crippen LogP contribution in [-0.4, -0.2) is 19.2 Å². The highest BCUT2D eigenvalue weighted by Gasteiger charge is 2.46. The molecule has 3 nitrogen and oxygen atoms in total. The Labute approximate surface area is 76.3 Å². The maximum Gasteiger partial charge on any atom is 0.338 e. The molecule has 1 heterocycles. The fraction of sp³-hybridized carbons (Fsp3) is 0.300. The highest BCUT2D eigenvalue weighted by Crippen LogP contribution is 2.38. The Morgan fingerprint density at radius 2 is 2.08 bits per heavy atom. The van der Waals surface area contributed by atoms with Gasteiger partial charge in [0.05, 0.1) is 7.11 Å². The molecule has 1 saturated heterocycles. The Kier molecular flexibility index (Phi) is 2.02. The highest BCUT2D eigenvalue weighted by atomic mass is 16.6. The fourth-order valence-electron chi connectivity index (χ4n) is 1.30. The van der Waals surface area contributed by atoms with Crippen molar-refractivity contribution in [1.29, 1.82) is 0 Å². The molecule has 1 aliphatic heterocycles. The molecule has 1 aromatic rings. The molecule has 0 unspecified atom stereocenters. The molecule has 0 saturated carbocycles. The molecule has 1 aliphatic rings. The first-order valence-electron chi connectivity index (χ1n) is 4.11. The Morgan fingerprint density at radius 3 is 2.69 bits per heavy atom. The van der Waals surface area contributed by atoms with Gasteiger partial charge in [0.2, 0.25) is 0 Å². The number of rotatable bonds is 2. The molecule has 0 aliphatic carbocycles. The molecule has 0 N–H and O–H groups in total. The lowest BCUT2D eigenvalue weighted by atomic mass is 10.1. The number of carbonyl (C=O) groups is 1. The zero-order valence-electron chi connectivity index (χ0n) is 7.27. The number of methoxy groups -OCH3 is 1. The van der Waals surface area contributed by atoms with E-state index in [0.717, 1.165) is 5.56 Å². The first-order chi connectivity index (χ1) is 6.33. The molecule has 1 fully saturated rings. The maximum absolute atomic E-state index is 11.0. The summed E-state index contributed by atoms with van der Waals surface area (Å²) in [5, 5.41) is 0. The Balaban J connectivity index is 2.04. The van der Waals surface area contributed by atoms with E-state index in [1.165, 1.54) is 7.11 Å². The van der Waals surface area contributed by atoms with Crippen molar-refractivity contribution in [1.82, 2.24) is 0 Å². The van der Waals surface area contributed by atoms with E-state index in [1.54, 1.807) is 0 Å². The summed E-state index contributed by atoms with van der Waals surface area (Å²) < 4.78 is 9.74. The monoisotopic (exact) mass is 178 g/mol. The van der Waals surface area contributed by atoms with Crippen molar-refractivity contribution < 1.29 is 14.3 Å². The van der Waals surface area contributed by atoms with Gasteiger partial charge in [0.25, 0.3) is 0 Å². The summed E-state index contributed by atoms with van der Waals surface area (Å²) in [5.74, 6) is -0.297. The van der Waals surface area contributed by atoms with Gasteiger partial charge in [-0.1, -0.05) is 30.3 Å². The van der Waals surface area contributed by atoms with Crippen molar-refractivity contribution in [2.75, 3.05) is 7.11 Å². The van der Waals surface area contributed by atoms with Crippen LogP contribution in [0.5, 0.6) is 0 Å². The average Bonchev–Trinajstić information content (AvgIpc) is 2.98. The lowest BCUT2D eigenvalue weighted by Crippen LogP contribution is -2.09. The summed E-state index contributed by atoms with van der Waals surface area (Å²) in [6, 6.07) is 9.65. The molecule has 0 bridgehead atoms. The molecule has 3 heteroatoms. The van der Waals surface area contributed by atoms with Crippen LogP contribution >= 0.6 is 0 Å². The maximum atomic E-state index is 11.0. The average molecular weight is 178 g/mol. The van der Waals surface area contributed by atoms with Gasteiger partial charge < -0.3 is 9.47 Å². The zero-order chi connectivity index (χ0) is 9.26. The number of carbonyl (C=O) groups excluding carboxylic acids is 1. The molecule has 0 amide bonds. The van der Waals surface area contributed by atoms with E-state index < -0.39 is 6.10 Å². The van der Waals surface area contributed by atoms with Gasteiger partial charge >= 0.3 is 5.97 Å². The summed E-state index contributed by atoms with van der Waals surface area (Å²) in [6.07, 6.45) is -0.499. The highest BCUT2D eigenvalue weighted by molar-refractivity contribution is 5.78. The fourth-order valence-corrected chi connectivity index (χ4v) is 1.30. The van der Waals surface area contributed by atoms with Gasteiger partial charge in [-0.15, -0.1) is 0 Å². The van der Waals surface area contributed by atoms with E-state index >= 15 is 0 Å². The summed E-state index contributed by atoms with van der Waals surface area (Å²) >= 11 is 0. The van der Waals surface area contributed by atoms with Crippen LogP contribution in [0.2, 0.25) is 0 Å². The molecule has 1 aromatic carbocycles. The normalized spacial score (nSPS) is 25.3. The third-order valence-corrected chi connectivity index (χ3v) is 2.05. The predicted octanol–water partition coefficient (Wildman–Crippen LogP) is 1.30. The van der Waals surface area contributed by atoms with Crippen LogP contribution in [0.4, 0.5) is 0 Å². The van der Waals surface area contributed by atoms with Crippen molar-refractivity contribution >= 4 is 5.97 Å². The smallest absolute Gasteiger partial charge is 0.338 e. The number of esters is 1. The second kappa shape index (κ2) is 3.18. The van der Waals surface area contributed by atoms with Crippen LogP contribution in [0.25, 0.3) is 0 Å². The molecule has 2 atom stereocenters. The lowest BCUT2D eigenvalue weighted by Gasteiger charge is -1.93. The minimum absolute atomic E-state index is 0.103. The summed E-state index contributed by atoms with van der Waals surface area (Å²) in [7, 11) is 1.37. The van der Waals surface area contributed by atoms with Crippen LogP contribution in [0.15, 0.2) is 30.3 Å². The molecule has 2 rings (SSSR count). The van der Waals surface area contributed by atoms with Crippen LogP contribution in [-0.2, 0) is 14.3 Å². The van der Waals surface area contributed by atoms with Crippen molar-refractivity contribution in [3.63, 3.8) is 0 Å². The van der Waals surface area contributed by atoms with E-state index in [4.69, 9.17) is 4.74 Å². The quantitative estimate of drug-likeness (QED) is 0.506. The number of ether oxygens (including phenoxy) is 2. The van der Waals surface area contributed by atoms with Gasteiger partial charge in [-0.3, -0.25) is 0 Å². The van der Waals surface area contributed by atoms with Crippen molar-refractivity contribution in [3.05, 3.63) is 35.9 Å². The number of hydrogen-bond donors (Lipinski definition) is 0. The second-order valence-corrected chi connectivity index (χ2v) is 2.91. The first-order valence-corrected chi connectivity index (χ1v) is 4.11. The number of epoxide rings is 1. The molecule has 13 heavy (non-hydrogen) atoms. The second-order valence-electron chi connectivity index (χ2n) is 2.91. The van der Waals surface area contributed by atoms with Gasteiger partial charge in [-0.2, -0.15) is 0 Å². The minimum atomic E-state index is -0.396. The third-order valence-electron chi connectivity index (χ3n) is 2.05. The Hall–Kier alpha value is -1.35. The van der Waals surface area contributed by atoms with Gasteiger partial charge in [0.1, 0.15) is 6.10 Å². The van der Waals surface area contributed by atoms with Crippen molar-refractivity contribution in [2.24, 2.45) is 0 Å². The third kappa shape index (κ3) is 1.55. The van der Waals surface area contributed by atoms with Crippen LogP contribution in [0.1, 0.15) is 11.7 Å². The molecule has 68 valence electrons. The molecular weight excluding hydrogens is 168 g/mol. The number of hydrogen-bond acceptors (Lipinski definition) is 3. The number of benzene rings is 1. The van der Waals surface area contributed by atoms with E-state index in [1.807, 2.05) is 30.3 Å². The summed E-state index contributed by atoms with van der Waals surface area (Å²) in [6.45, 7) is 0. The van der Waals surface area contributed by atoms with E-state index in [-0.39, 0.29) is 12.1 Å². The Morgan fingerprint density at radius 1 is 1.38 bits per heavy atom. The van der Waals surface area contributed by atoms with Gasteiger partial charge in [-0.25, -0.2) is 4.79 Å². The van der Waals surface area contributed by atoms with E-state index in [0.29, 0.717) is 0 Å². The predicted molar refractivity (Wildman–Crippen MR) is 46.1 cm³/mol. The van der Waals surface area contributed by atoms with Crippen molar-refractivity contribution in [3.8, 4) is 0 Å². The van der Waals surface area contributed by atoms with Gasteiger partial charge in [-0.05, 0) is 5.56 Å². The van der Waals surface area contributed by atoms with Gasteiger partial charge in [0.15, 0.2) is 6.10 Å². The van der Waals surface area contributed by atoms with Crippen LogP contribution in [0.3, 0.4) is 0 Å².